The zero-order valence-electron chi connectivity index (χ0n) is 9.80. The summed E-state index contributed by atoms with van der Waals surface area (Å²) in [5, 5.41) is 0. The number of hydrogen-bond donors (Lipinski definition) is 1. The van der Waals surface area contributed by atoms with Gasteiger partial charge in [-0.1, -0.05) is 0 Å². The Bertz CT molecular complexity index is 298. The molecule has 0 radical (unpaired) electrons. The molecule has 2 heteroatoms. The molecule has 0 aliphatic carbocycles. The normalized spacial score (nSPS) is 11.3. The van der Waals surface area contributed by atoms with Gasteiger partial charge < -0.3 is 10.3 Å². The number of aryl methyl sites for hydroxylation is 2. The molecular formula is C12H22N2. The fourth-order valence-corrected chi connectivity index (χ4v) is 2.19. The zero-order chi connectivity index (χ0) is 10.7. The van der Waals surface area contributed by atoms with Crippen molar-refractivity contribution < 1.29 is 0 Å². The third-order valence-electron chi connectivity index (χ3n) is 2.76. The minimum atomic E-state index is 0.557. The maximum absolute atomic E-state index is 5.52. The van der Waals surface area contributed by atoms with E-state index in [-0.39, 0.29) is 0 Å². The van der Waals surface area contributed by atoms with E-state index in [2.05, 4.69) is 38.3 Å². The third-order valence-corrected chi connectivity index (χ3v) is 2.76. The summed E-state index contributed by atoms with van der Waals surface area (Å²) in [7, 11) is 0. The van der Waals surface area contributed by atoms with E-state index >= 15 is 0 Å². The summed E-state index contributed by atoms with van der Waals surface area (Å²) in [5.74, 6) is 0. The molecule has 0 unspecified atom stereocenters. The van der Waals surface area contributed by atoms with Crippen molar-refractivity contribution in [3.63, 3.8) is 0 Å². The number of nitrogens with two attached hydrogens (primary N) is 1. The molecule has 0 saturated carbocycles. The first-order valence-corrected chi connectivity index (χ1v) is 5.45. The minimum absolute atomic E-state index is 0.557. The lowest BCUT2D eigenvalue weighted by Gasteiger charge is -2.13. The Hall–Kier alpha value is -0.760. The lowest BCUT2D eigenvalue weighted by Crippen LogP contribution is -2.06. The smallest absolute Gasteiger partial charge is 0.0279 e. The first-order valence-electron chi connectivity index (χ1n) is 5.45. The zero-order valence-corrected chi connectivity index (χ0v) is 9.80. The fraction of sp³-hybridized carbons (Fsp3) is 0.667. The quantitative estimate of drug-likeness (QED) is 0.784. The van der Waals surface area contributed by atoms with Gasteiger partial charge in [0.05, 0.1) is 0 Å². The van der Waals surface area contributed by atoms with Crippen molar-refractivity contribution in [1.29, 1.82) is 0 Å². The Balaban J connectivity index is 2.92. The van der Waals surface area contributed by atoms with Gasteiger partial charge >= 0.3 is 0 Å². The summed E-state index contributed by atoms with van der Waals surface area (Å²) >= 11 is 0. The van der Waals surface area contributed by atoms with Gasteiger partial charge in [-0.2, -0.15) is 0 Å². The van der Waals surface area contributed by atoms with Crippen LogP contribution in [0.2, 0.25) is 0 Å². The lowest BCUT2D eigenvalue weighted by molar-refractivity contribution is 0.572. The summed E-state index contributed by atoms with van der Waals surface area (Å²) in [6.07, 6.45) is 2.20. The molecule has 0 aromatic carbocycles. The van der Waals surface area contributed by atoms with Crippen LogP contribution in [0.1, 0.15) is 43.3 Å². The van der Waals surface area contributed by atoms with Crippen molar-refractivity contribution in [2.45, 2.75) is 46.6 Å². The highest BCUT2D eigenvalue weighted by Crippen LogP contribution is 2.20. The second-order valence-electron chi connectivity index (χ2n) is 4.25. The highest BCUT2D eigenvalue weighted by atomic mass is 15.0. The third kappa shape index (κ3) is 2.18. The molecule has 14 heavy (non-hydrogen) atoms. The number of rotatable bonds is 4. The highest BCUT2D eigenvalue weighted by Gasteiger charge is 2.10. The molecule has 80 valence electrons. The van der Waals surface area contributed by atoms with Gasteiger partial charge in [-0.3, -0.25) is 0 Å². The molecule has 0 bridgehead atoms. The van der Waals surface area contributed by atoms with E-state index in [0.29, 0.717) is 6.04 Å². The van der Waals surface area contributed by atoms with E-state index in [0.717, 1.165) is 19.4 Å². The molecule has 1 heterocycles. The van der Waals surface area contributed by atoms with Crippen molar-refractivity contribution in [1.82, 2.24) is 4.57 Å². The SMILES string of the molecule is Cc1cc(CCCN)c(C)n1C(C)C. The monoisotopic (exact) mass is 194 g/mol. The maximum atomic E-state index is 5.52. The summed E-state index contributed by atoms with van der Waals surface area (Å²) in [5.41, 5.74) is 9.76. The van der Waals surface area contributed by atoms with Crippen LogP contribution in [-0.4, -0.2) is 11.1 Å². The molecule has 0 fully saturated rings. The number of aromatic nitrogens is 1. The van der Waals surface area contributed by atoms with Gasteiger partial charge in [0.15, 0.2) is 0 Å². The Morgan fingerprint density at radius 2 is 2.00 bits per heavy atom. The largest absolute Gasteiger partial charge is 0.346 e. The average Bonchev–Trinajstić information content (AvgIpc) is 2.38. The molecule has 0 spiro atoms. The summed E-state index contributed by atoms with van der Waals surface area (Å²) < 4.78 is 2.39. The maximum Gasteiger partial charge on any atom is 0.0279 e. The molecule has 1 rings (SSSR count). The second-order valence-corrected chi connectivity index (χ2v) is 4.25. The first-order chi connectivity index (χ1) is 6.57. The molecule has 0 aliphatic rings. The first kappa shape index (κ1) is 11.3. The van der Waals surface area contributed by atoms with Crippen molar-refractivity contribution in [2.24, 2.45) is 5.73 Å². The standard InChI is InChI=1S/C12H22N2/c1-9(2)14-10(3)8-12(11(14)4)6-5-7-13/h8-9H,5-7,13H2,1-4H3. The van der Waals surface area contributed by atoms with Gasteiger partial charge in [0, 0.05) is 17.4 Å². The number of hydrogen-bond acceptors (Lipinski definition) is 1. The van der Waals surface area contributed by atoms with Gasteiger partial charge in [-0.15, -0.1) is 0 Å². The van der Waals surface area contributed by atoms with Crippen LogP contribution in [0, 0.1) is 13.8 Å². The summed E-state index contributed by atoms with van der Waals surface area (Å²) in [4.78, 5) is 0. The van der Waals surface area contributed by atoms with Gasteiger partial charge in [-0.25, -0.2) is 0 Å². The number of nitrogens with zero attached hydrogens (tertiary/aromatic N) is 1. The fourth-order valence-electron chi connectivity index (χ4n) is 2.19. The molecule has 0 atom stereocenters. The van der Waals surface area contributed by atoms with E-state index < -0.39 is 0 Å². The molecule has 0 saturated heterocycles. The molecule has 0 amide bonds. The van der Waals surface area contributed by atoms with Crippen LogP contribution < -0.4 is 5.73 Å². The van der Waals surface area contributed by atoms with Crippen molar-refractivity contribution in [3.8, 4) is 0 Å². The molecule has 2 N–H and O–H groups in total. The predicted octanol–water partition coefficient (Wildman–Crippen LogP) is 2.58. The van der Waals surface area contributed by atoms with E-state index in [4.69, 9.17) is 5.73 Å². The summed E-state index contributed by atoms with van der Waals surface area (Å²) in [6, 6.07) is 2.85. The Kier molecular flexibility index (Phi) is 3.76. The average molecular weight is 194 g/mol. The van der Waals surface area contributed by atoms with E-state index in [9.17, 15) is 0 Å². The van der Waals surface area contributed by atoms with Crippen LogP contribution in [0.25, 0.3) is 0 Å². The van der Waals surface area contributed by atoms with Crippen LogP contribution in [0.3, 0.4) is 0 Å². The minimum Gasteiger partial charge on any atom is -0.346 e. The van der Waals surface area contributed by atoms with E-state index in [1.165, 1.54) is 17.0 Å². The molecule has 1 aromatic rings. The van der Waals surface area contributed by atoms with E-state index in [1.807, 2.05) is 0 Å². The van der Waals surface area contributed by atoms with E-state index in [1.54, 1.807) is 0 Å². The predicted molar refractivity (Wildman–Crippen MR) is 61.7 cm³/mol. The van der Waals surface area contributed by atoms with Gasteiger partial charge in [0.1, 0.15) is 0 Å². The van der Waals surface area contributed by atoms with Crippen molar-refractivity contribution in [2.75, 3.05) is 6.54 Å². The molecule has 2 nitrogen and oxygen atoms in total. The Morgan fingerprint density at radius 1 is 1.36 bits per heavy atom. The highest BCUT2D eigenvalue weighted by molar-refractivity contribution is 5.27. The topological polar surface area (TPSA) is 30.9 Å². The Labute approximate surface area is 87.1 Å². The Morgan fingerprint density at radius 3 is 2.43 bits per heavy atom. The van der Waals surface area contributed by atoms with Crippen LogP contribution >= 0.6 is 0 Å². The van der Waals surface area contributed by atoms with Crippen LogP contribution in [-0.2, 0) is 6.42 Å². The molecule has 1 aromatic heterocycles. The van der Waals surface area contributed by atoms with Gasteiger partial charge in [0.25, 0.3) is 0 Å². The molecule has 0 aliphatic heterocycles. The summed E-state index contributed by atoms with van der Waals surface area (Å²) in [6.45, 7) is 9.63. The van der Waals surface area contributed by atoms with Gasteiger partial charge in [-0.05, 0) is 58.7 Å². The van der Waals surface area contributed by atoms with Crippen LogP contribution in [0.15, 0.2) is 6.07 Å². The lowest BCUT2D eigenvalue weighted by atomic mass is 10.1. The van der Waals surface area contributed by atoms with Crippen molar-refractivity contribution >= 4 is 0 Å². The van der Waals surface area contributed by atoms with Crippen LogP contribution in [0.5, 0.6) is 0 Å². The van der Waals surface area contributed by atoms with Gasteiger partial charge in [0.2, 0.25) is 0 Å². The molecular weight excluding hydrogens is 172 g/mol. The van der Waals surface area contributed by atoms with Crippen molar-refractivity contribution in [3.05, 3.63) is 23.0 Å². The second kappa shape index (κ2) is 4.65. The van der Waals surface area contributed by atoms with Crippen LogP contribution in [0.4, 0.5) is 0 Å².